The maximum absolute atomic E-state index is 12.7. The van der Waals surface area contributed by atoms with Crippen LogP contribution in [-0.4, -0.2) is 10.2 Å². The molecule has 0 saturated heterocycles. The monoisotopic (exact) mass is 176 g/mol. The second-order valence-corrected chi connectivity index (χ2v) is 2.56. The predicted octanol–water partition coefficient (Wildman–Crippen LogP) is 1.13. The minimum atomic E-state index is -1.07. The summed E-state index contributed by atoms with van der Waals surface area (Å²) < 4.78 is 12.7. The Morgan fingerprint density at radius 2 is 1.92 bits per heavy atom. The van der Waals surface area contributed by atoms with Crippen molar-refractivity contribution in [3.8, 4) is 0 Å². The number of hydrogen-bond acceptors (Lipinski definition) is 3. The van der Waals surface area contributed by atoms with E-state index >= 15 is 0 Å². The van der Waals surface area contributed by atoms with Crippen molar-refractivity contribution in [3.63, 3.8) is 0 Å². The lowest BCUT2D eigenvalue weighted by Crippen LogP contribution is -2.02. The van der Waals surface area contributed by atoms with Crippen LogP contribution in [-0.2, 0) is 0 Å². The highest BCUT2D eigenvalue weighted by atomic mass is 19.1. The fraction of sp³-hybridized carbons (Fsp3) is 0. The Labute approximate surface area is 72.9 Å². The summed E-state index contributed by atoms with van der Waals surface area (Å²) in [5.41, 5.74) is -0.239. The van der Waals surface area contributed by atoms with Crippen LogP contribution in [0.4, 0.5) is 4.39 Å². The Morgan fingerprint density at radius 3 is 2.77 bits per heavy atom. The first-order valence-corrected chi connectivity index (χ1v) is 3.70. The Hall–Kier alpha value is -1.84. The van der Waals surface area contributed by atoms with Gasteiger partial charge < -0.3 is 0 Å². The van der Waals surface area contributed by atoms with Crippen molar-refractivity contribution in [1.29, 1.82) is 0 Å². The summed E-state index contributed by atoms with van der Waals surface area (Å²) in [4.78, 5) is 11.0. The molecule has 2 aromatic rings. The molecule has 0 saturated carbocycles. The largest absolute Gasteiger partial charge is 0.285 e. The Kier molecular flexibility index (Phi) is 1.73. The van der Waals surface area contributed by atoms with E-state index in [1.54, 1.807) is 24.3 Å². The van der Waals surface area contributed by atoms with Gasteiger partial charge in [-0.1, -0.05) is 18.2 Å². The molecule has 1 aromatic carbocycles. The Morgan fingerprint density at radius 1 is 1.15 bits per heavy atom. The molecule has 1 heterocycles. The third-order valence-electron chi connectivity index (χ3n) is 1.67. The Bertz CT molecular complexity index is 513. The summed E-state index contributed by atoms with van der Waals surface area (Å²) in [6.45, 7) is 0. The van der Waals surface area contributed by atoms with Crippen LogP contribution in [0.15, 0.2) is 35.1 Å². The maximum Gasteiger partial charge on any atom is 0.280 e. The van der Waals surface area contributed by atoms with Crippen LogP contribution in [0.25, 0.3) is 10.9 Å². The normalized spacial score (nSPS) is 10.2. The fourth-order valence-corrected chi connectivity index (χ4v) is 1.05. The number of rotatable bonds is 0. The van der Waals surface area contributed by atoms with E-state index in [0.29, 0.717) is 10.9 Å². The number of hydrogen-bond donors (Lipinski definition) is 0. The number of nitrogens with zero attached hydrogens (tertiary/aromatic N) is 2. The molecule has 64 valence electrons. The van der Waals surface area contributed by atoms with Gasteiger partial charge in [0.05, 0.1) is 5.52 Å². The van der Waals surface area contributed by atoms with Crippen LogP contribution in [0.3, 0.4) is 0 Å². The van der Waals surface area contributed by atoms with Crippen molar-refractivity contribution >= 4 is 10.9 Å². The Balaban J connectivity index is 2.97. The minimum absolute atomic E-state index is 0.503. The van der Waals surface area contributed by atoms with Gasteiger partial charge in [0.25, 0.3) is 5.95 Å². The first-order valence-electron chi connectivity index (χ1n) is 3.70. The molecule has 2 rings (SSSR count). The van der Waals surface area contributed by atoms with E-state index in [1.165, 1.54) is 6.07 Å². The van der Waals surface area contributed by atoms with E-state index in [-0.39, 0.29) is 0 Å². The van der Waals surface area contributed by atoms with Gasteiger partial charge in [-0.2, -0.15) is 4.39 Å². The van der Waals surface area contributed by atoms with Crippen molar-refractivity contribution < 1.29 is 4.39 Å². The van der Waals surface area contributed by atoms with Gasteiger partial charge in [0.1, 0.15) is 0 Å². The molecule has 0 amide bonds. The van der Waals surface area contributed by atoms with Gasteiger partial charge >= 0.3 is 0 Å². The summed E-state index contributed by atoms with van der Waals surface area (Å²) >= 11 is 0. The van der Waals surface area contributed by atoms with E-state index in [0.717, 1.165) is 0 Å². The number of benzene rings is 1. The van der Waals surface area contributed by atoms with Crippen LogP contribution in [0.1, 0.15) is 0 Å². The highest BCUT2D eigenvalue weighted by Crippen LogP contribution is 2.05. The first-order chi connectivity index (χ1) is 6.27. The lowest BCUT2D eigenvalue weighted by molar-refractivity contribution is 0.560. The van der Waals surface area contributed by atoms with Gasteiger partial charge in [-0.25, -0.2) is 0 Å². The molecule has 1 aromatic heterocycles. The van der Waals surface area contributed by atoms with Gasteiger partial charge in [-0.3, -0.25) is 4.79 Å². The van der Waals surface area contributed by atoms with Crippen LogP contribution in [0, 0.1) is 5.95 Å². The molecule has 0 atom stereocenters. The average Bonchev–Trinajstić information content (AvgIpc) is 2.28. The van der Waals surface area contributed by atoms with Crippen molar-refractivity contribution in [1.82, 2.24) is 10.2 Å². The van der Waals surface area contributed by atoms with Crippen molar-refractivity contribution in [2.24, 2.45) is 0 Å². The molecule has 0 fully saturated rings. The van der Waals surface area contributed by atoms with Gasteiger partial charge in [0.15, 0.2) is 0 Å². The zero-order valence-electron chi connectivity index (χ0n) is 6.57. The summed E-state index contributed by atoms with van der Waals surface area (Å²) in [7, 11) is 0. The molecule has 0 aliphatic carbocycles. The lowest BCUT2D eigenvalue weighted by Gasteiger charge is -1.85. The zero-order valence-corrected chi connectivity index (χ0v) is 6.57. The highest BCUT2D eigenvalue weighted by molar-refractivity contribution is 5.76. The molecular formula is C9H5FN2O. The van der Waals surface area contributed by atoms with E-state index in [1.807, 2.05) is 0 Å². The van der Waals surface area contributed by atoms with E-state index in [9.17, 15) is 9.18 Å². The third kappa shape index (κ3) is 1.38. The van der Waals surface area contributed by atoms with Crippen LogP contribution < -0.4 is 5.43 Å². The summed E-state index contributed by atoms with van der Waals surface area (Å²) in [6.07, 6.45) is 0. The number of halogens is 1. The van der Waals surface area contributed by atoms with E-state index < -0.39 is 11.4 Å². The quantitative estimate of drug-likeness (QED) is 0.604. The zero-order chi connectivity index (χ0) is 9.26. The van der Waals surface area contributed by atoms with Crippen LogP contribution in [0.5, 0.6) is 0 Å². The topological polar surface area (TPSA) is 42.9 Å². The van der Waals surface area contributed by atoms with E-state index in [4.69, 9.17) is 0 Å². The van der Waals surface area contributed by atoms with Gasteiger partial charge in [0, 0.05) is 5.39 Å². The lowest BCUT2D eigenvalue weighted by atomic mass is 10.2. The second-order valence-electron chi connectivity index (χ2n) is 2.56. The SMILES string of the molecule is O=c1cc2ccccc2nnc1F. The summed E-state index contributed by atoms with van der Waals surface area (Å²) in [6, 6.07) is 8.04. The molecular weight excluding hydrogens is 171 g/mol. The third-order valence-corrected chi connectivity index (χ3v) is 1.67. The van der Waals surface area contributed by atoms with Crippen molar-refractivity contribution in [2.75, 3.05) is 0 Å². The molecule has 0 aliphatic rings. The molecule has 0 radical (unpaired) electrons. The maximum atomic E-state index is 12.7. The molecule has 0 aliphatic heterocycles. The standard InChI is InChI=1S/C9H5FN2O/c10-9-8(13)5-6-3-1-2-4-7(6)11-12-9/h1-5H. The van der Waals surface area contributed by atoms with E-state index in [2.05, 4.69) is 10.2 Å². The number of fused-ring (bicyclic) bond motifs is 1. The van der Waals surface area contributed by atoms with Crippen LogP contribution in [0.2, 0.25) is 0 Å². The van der Waals surface area contributed by atoms with Crippen molar-refractivity contribution in [3.05, 3.63) is 46.5 Å². The van der Waals surface area contributed by atoms with Gasteiger partial charge in [0.2, 0.25) is 5.43 Å². The smallest absolute Gasteiger partial charge is 0.280 e. The predicted molar refractivity (Wildman–Crippen MR) is 45.8 cm³/mol. The average molecular weight is 176 g/mol. The van der Waals surface area contributed by atoms with Crippen LogP contribution >= 0.6 is 0 Å². The second kappa shape index (κ2) is 2.90. The van der Waals surface area contributed by atoms with Gasteiger partial charge in [-0.05, 0) is 12.1 Å². The summed E-state index contributed by atoms with van der Waals surface area (Å²) in [5, 5.41) is 7.31. The molecule has 13 heavy (non-hydrogen) atoms. The first kappa shape index (κ1) is 7.79. The van der Waals surface area contributed by atoms with Gasteiger partial charge in [-0.15, -0.1) is 10.2 Å². The molecule has 0 spiro atoms. The molecule has 0 N–H and O–H groups in total. The molecule has 3 nitrogen and oxygen atoms in total. The molecule has 0 bridgehead atoms. The fourth-order valence-electron chi connectivity index (χ4n) is 1.05. The highest BCUT2D eigenvalue weighted by Gasteiger charge is 1.98. The summed E-state index contributed by atoms with van der Waals surface area (Å²) in [5.74, 6) is -1.07. The number of aromatic nitrogens is 2. The molecule has 0 unspecified atom stereocenters. The van der Waals surface area contributed by atoms with Crippen molar-refractivity contribution in [2.45, 2.75) is 0 Å². The minimum Gasteiger partial charge on any atom is -0.285 e. The molecule has 4 heteroatoms.